The molecule has 0 aliphatic heterocycles. The van der Waals surface area contributed by atoms with Crippen molar-refractivity contribution < 1.29 is 14.6 Å². The van der Waals surface area contributed by atoms with Gasteiger partial charge in [-0.05, 0) is 73.5 Å². The Morgan fingerprint density at radius 3 is 2.71 bits per heavy atom. The second kappa shape index (κ2) is 5.59. The molecule has 0 heterocycles. The lowest BCUT2D eigenvalue weighted by atomic mass is 9.48. The molecule has 24 heavy (non-hydrogen) atoms. The first-order chi connectivity index (χ1) is 11.3. The highest BCUT2D eigenvalue weighted by Crippen LogP contribution is 2.64. The van der Waals surface area contributed by atoms with Crippen molar-refractivity contribution in [1.29, 1.82) is 0 Å². The molecule has 4 aliphatic rings. The van der Waals surface area contributed by atoms with Crippen LogP contribution in [-0.2, 0) is 9.53 Å². The fourth-order valence-electron chi connectivity index (χ4n) is 6.94. The standard InChI is InChI=1S/C21H32O3/c1-13(22)24-15-8-10-20(2)14(12-15)4-5-16-17-6-7-19(23)21(17,3)11-9-18(16)20/h4,15-19,23H,5-12H2,1-3H3/t15-,16-,17-,18-,19-,20-,21-/m0/s1. The number of rotatable bonds is 1. The highest BCUT2D eigenvalue weighted by atomic mass is 16.5. The van der Waals surface area contributed by atoms with Crippen LogP contribution in [0.4, 0.5) is 0 Å². The van der Waals surface area contributed by atoms with E-state index >= 15 is 0 Å². The maximum Gasteiger partial charge on any atom is 0.302 e. The first kappa shape index (κ1) is 16.6. The number of hydrogen-bond donors (Lipinski definition) is 1. The van der Waals surface area contributed by atoms with Crippen LogP contribution < -0.4 is 0 Å². The Morgan fingerprint density at radius 2 is 1.96 bits per heavy atom. The molecule has 3 fully saturated rings. The van der Waals surface area contributed by atoms with Gasteiger partial charge in [-0.25, -0.2) is 0 Å². The largest absolute Gasteiger partial charge is 0.462 e. The van der Waals surface area contributed by atoms with Gasteiger partial charge in [0.2, 0.25) is 0 Å². The van der Waals surface area contributed by atoms with Crippen LogP contribution in [0.15, 0.2) is 11.6 Å². The molecule has 3 heteroatoms. The van der Waals surface area contributed by atoms with Gasteiger partial charge in [0, 0.05) is 13.3 Å². The van der Waals surface area contributed by atoms with E-state index in [1.165, 1.54) is 26.2 Å². The quantitative estimate of drug-likeness (QED) is 0.577. The maximum atomic E-state index is 11.3. The Morgan fingerprint density at radius 1 is 1.17 bits per heavy atom. The molecule has 0 aromatic heterocycles. The number of fused-ring (bicyclic) bond motifs is 5. The number of esters is 1. The SMILES string of the molecule is CC(=O)O[C@H]1CC[C@@]2(C)C(=CC[C@H]3[C@@H]4CC[C@H](O)[C@@]4(C)CC[C@@H]32)C1. The molecule has 0 bridgehead atoms. The van der Waals surface area contributed by atoms with Crippen LogP contribution in [0.5, 0.6) is 0 Å². The van der Waals surface area contributed by atoms with Crippen LogP contribution in [0, 0.1) is 28.6 Å². The van der Waals surface area contributed by atoms with Gasteiger partial charge in [-0.1, -0.05) is 25.5 Å². The molecule has 0 amide bonds. The normalized spacial score (nSPS) is 50.3. The molecule has 0 spiro atoms. The van der Waals surface area contributed by atoms with Crippen molar-refractivity contribution in [1.82, 2.24) is 0 Å². The summed E-state index contributed by atoms with van der Waals surface area (Å²) in [6, 6.07) is 0. The van der Waals surface area contributed by atoms with Crippen molar-refractivity contribution in [2.24, 2.45) is 28.6 Å². The van der Waals surface area contributed by atoms with Gasteiger partial charge in [-0.2, -0.15) is 0 Å². The van der Waals surface area contributed by atoms with Gasteiger partial charge in [0.05, 0.1) is 6.10 Å². The minimum atomic E-state index is -0.147. The zero-order valence-electron chi connectivity index (χ0n) is 15.4. The second-order valence-corrected chi connectivity index (χ2v) is 9.37. The number of carbonyl (C=O) groups excluding carboxylic acids is 1. The van der Waals surface area contributed by atoms with Gasteiger partial charge in [0.25, 0.3) is 0 Å². The van der Waals surface area contributed by atoms with Crippen molar-refractivity contribution >= 4 is 5.97 Å². The molecular weight excluding hydrogens is 300 g/mol. The van der Waals surface area contributed by atoms with Crippen LogP contribution in [0.25, 0.3) is 0 Å². The first-order valence-corrected chi connectivity index (χ1v) is 9.89. The van der Waals surface area contributed by atoms with Crippen LogP contribution >= 0.6 is 0 Å². The molecule has 0 saturated heterocycles. The summed E-state index contributed by atoms with van der Waals surface area (Å²) in [6.07, 6.45) is 11.3. The van der Waals surface area contributed by atoms with E-state index in [1.54, 1.807) is 5.57 Å². The molecule has 134 valence electrons. The fourth-order valence-corrected chi connectivity index (χ4v) is 6.94. The minimum absolute atomic E-state index is 0.0838. The van der Waals surface area contributed by atoms with E-state index in [0.717, 1.165) is 43.9 Å². The summed E-state index contributed by atoms with van der Waals surface area (Å²) in [7, 11) is 0. The number of hydrogen-bond acceptors (Lipinski definition) is 3. The van der Waals surface area contributed by atoms with Gasteiger partial charge in [-0.3, -0.25) is 4.79 Å². The van der Waals surface area contributed by atoms with E-state index in [-0.39, 0.29) is 29.0 Å². The highest BCUT2D eigenvalue weighted by Gasteiger charge is 2.58. The van der Waals surface area contributed by atoms with Crippen molar-refractivity contribution in [3.8, 4) is 0 Å². The molecule has 3 saturated carbocycles. The number of allylic oxidation sites excluding steroid dienone is 1. The summed E-state index contributed by atoms with van der Waals surface area (Å²) in [6.45, 7) is 6.32. The molecule has 4 aliphatic carbocycles. The van der Waals surface area contributed by atoms with E-state index in [4.69, 9.17) is 4.74 Å². The van der Waals surface area contributed by atoms with Crippen molar-refractivity contribution in [3.05, 3.63) is 11.6 Å². The van der Waals surface area contributed by atoms with Gasteiger partial charge >= 0.3 is 5.97 Å². The van der Waals surface area contributed by atoms with Crippen molar-refractivity contribution in [2.45, 2.75) is 84.3 Å². The molecule has 3 nitrogen and oxygen atoms in total. The van der Waals surface area contributed by atoms with Gasteiger partial charge in [-0.15, -0.1) is 0 Å². The second-order valence-electron chi connectivity index (χ2n) is 9.37. The molecule has 4 rings (SSSR count). The maximum absolute atomic E-state index is 11.3. The molecular formula is C21H32O3. The third kappa shape index (κ3) is 2.30. The summed E-state index contributed by atoms with van der Waals surface area (Å²) >= 11 is 0. The van der Waals surface area contributed by atoms with Crippen LogP contribution in [0.3, 0.4) is 0 Å². The van der Waals surface area contributed by atoms with Crippen LogP contribution in [0.2, 0.25) is 0 Å². The lowest BCUT2D eigenvalue weighted by Gasteiger charge is -2.57. The minimum Gasteiger partial charge on any atom is -0.462 e. The highest BCUT2D eigenvalue weighted by molar-refractivity contribution is 5.66. The Bertz CT molecular complexity index is 567. The average molecular weight is 332 g/mol. The van der Waals surface area contributed by atoms with E-state index in [0.29, 0.717) is 5.92 Å². The van der Waals surface area contributed by atoms with E-state index in [9.17, 15) is 9.90 Å². The van der Waals surface area contributed by atoms with E-state index in [2.05, 4.69) is 19.9 Å². The fraction of sp³-hybridized carbons (Fsp3) is 0.857. The predicted molar refractivity (Wildman–Crippen MR) is 93.3 cm³/mol. The monoisotopic (exact) mass is 332 g/mol. The molecule has 7 atom stereocenters. The molecule has 0 radical (unpaired) electrons. The number of aliphatic hydroxyl groups excluding tert-OH is 1. The Labute approximate surface area is 145 Å². The average Bonchev–Trinajstić information content (AvgIpc) is 2.83. The first-order valence-electron chi connectivity index (χ1n) is 9.89. The molecule has 0 unspecified atom stereocenters. The summed E-state index contributed by atoms with van der Waals surface area (Å²) < 4.78 is 5.51. The van der Waals surface area contributed by atoms with Gasteiger partial charge in [0.1, 0.15) is 6.10 Å². The number of aliphatic hydroxyl groups is 1. The predicted octanol–water partition coefficient (Wildman–Crippen LogP) is 4.24. The summed E-state index contributed by atoms with van der Waals surface area (Å²) in [4.78, 5) is 11.3. The smallest absolute Gasteiger partial charge is 0.302 e. The topological polar surface area (TPSA) is 46.5 Å². The Kier molecular flexibility index (Phi) is 3.87. The van der Waals surface area contributed by atoms with Gasteiger partial charge < -0.3 is 9.84 Å². The summed E-state index contributed by atoms with van der Waals surface area (Å²) in [5, 5.41) is 10.5. The third-order valence-corrected chi connectivity index (χ3v) is 8.34. The molecule has 0 aromatic rings. The number of carbonyl (C=O) groups is 1. The molecule has 1 N–H and O–H groups in total. The van der Waals surface area contributed by atoms with E-state index < -0.39 is 0 Å². The van der Waals surface area contributed by atoms with E-state index in [1.807, 2.05) is 0 Å². The van der Waals surface area contributed by atoms with Crippen LogP contribution in [0.1, 0.15) is 72.1 Å². The summed E-state index contributed by atoms with van der Waals surface area (Å²) in [5.41, 5.74) is 1.98. The zero-order chi connectivity index (χ0) is 17.1. The van der Waals surface area contributed by atoms with Crippen molar-refractivity contribution in [2.75, 3.05) is 0 Å². The Balaban J connectivity index is 1.59. The lowest BCUT2D eigenvalue weighted by Crippen LogP contribution is -2.51. The molecule has 0 aromatic carbocycles. The lowest BCUT2D eigenvalue weighted by molar-refractivity contribution is -0.148. The van der Waals surface area contributed by atoms with Crippen molar-refractivity contribution in [3.63, 3.8) is 0 Å². The Hall–Kier alpha value is -0.830. The third-order valence-electron chi connectivity index (χ3n) is 8.34. The van der Waals surface area contributed by atoms with Gasteiger partial charge in [0.15, 0.2) is 0 Å². The zero-order valence-corrected chi connectivity index (χ0v) is 15.4. The number of ether oxygens (including phenoxy) is 1. The van der Waals surface area contributed by atoms with Crippen LogP contribution in [-0.4, -0.2) is 23.3 Å². The summed E-state index contributed by atoms with van der Waals surface area (Å²) in [5.74, 6) is 2.03.